The molecular weight excluding hydrogens is 392 g/mol. The zero-order valence-electron chi connectivity index (χ0n) is 14.0. The predicted octanol–water partition coefficient (Wildman–Crippen LogP) is 4.41. The average Bonchev–Trinajstić information content (AvgIpc) is 2.56. The summed E-state index contributed by atoms with van der Waals surface area (Å²) in [6.07, 6.45) is -8.61. The number of alkyl halides is 6. The molecular formula is C17H13F6N3O2. The molecule has 0 unspecified atom stereocenters. The number of nitrogens with zero attached hydrogens (tertiary/aromatic N) is 2. The second kappa shape index (κ2) is 7.21. The SMILES string of the molecule is O=C(Nc1ccc(C(F)(F)F)cc1)N1CC(Oc2ncccc2C(F)(F)F)C1. The Balaban J connectivity index is 1.54. The van der Waals surface area contributed by atoms with E-state index in [2.05, 4.69) is 10.3 Å². The van der Waals surface area contributed by atoms with Crippen molar-refractivity contribution in [1.29, 1.82) is 0 Å². The third-order valence-electron chi connectivity index (χ3n) is 3.95. The van der Waals surface area contributed by atoms with Crippen LogP contribution < -0.4 is 10.1 Å². The van der Waals surface area contributed by atoms with E-state index < -0.39 is 41.5 Å². The number of carbonyl (C=O) groups is 1. The molecule has 1 aliphatic heterocycles. The van der Waals surface area contributed by atoms with Crippen molar-refractivity contribution in [1.82, 2.24) is 9.88 Å². The van der Waals surface area contributed by atoms with Gasteiger partial charge in [0.1, 0.15) is 11.7 Å². The summed E-state index contributed by atoms with van der Waals surface area (Å²) in [6.45, 7) is 0.0285. The minimum absolute atomic E-state index is 0.0142. The van der Waals surface area contributed by atoms with Gasteiger partial charge in [-0.3, -0.25) is 0 Å². The van der Waals surface area contributed by atoms with Gasteiger partial charge >= 0.3 is 18.4 Å². The van der Waals surface area contributed by atoms with Crippen molar-refractivity contribution in [2.45, 2.75) is 18.5 Å². The van der Waals surface area contributed by atoms with Crippen LogP contribution in [0, 0.1) is 0 Å². The van der Waals surface area contributed by atoms with Crippen LogP contribution in [0.25, 0.3) is 0 Å². The number of amides is 2. The van der Waals surface area contributed by atoms with Crippen molar-refractivity contribution < 1.29 is 35.9 Å². The summed E-state index contributed by atoms with van der Waals surface area (Å²) < 4.78 is 81.5. The van der Waals surface area contributed by atoms with Gasteiger partial charge in [-0.15, -0.1) is 0 Å². The highest BCUT2D eigenvalue weighted by Crippen LogP contribution is 2.35. The topological polar surface area (TPSA) is 54.5 Å². The summed E-state index contributed by atoms with van der Waals surface area (Å²) >= 11 is 0. The number of rotatable bonds is 3. The van der Waals surface area contributed by atoms with Gasteiger partial charge in [0.15, 0.2) is 0 Å². The number of anilines is 1. The molecule has 1 aliphatic rings. The summed E-state index contributed by atoms with van der Waals surface area (Å²) in [5.41, 5.74) is -1.70. The number of halogens is 6. The maximum atomic E-state index is 12.9. The molecule has 11 heteroatoms. The minimum atomic E-state index is -4.62. The number of hydrogen-bond acceptors (Lipinski definition) is 3. The van der Waals surface area contributed by atoms with Crippen molar-refractivity contribution >= 4 is 11.7 Å². The van der Waals surface area contributed by atoms with Gasteiger partial charge in [0.2, 0.25) is 5.88 Å². The van der Waals surface area contributed by atoms with Gasteiger partial charge in [-0.25, -0.2) is 9.78 Å². The van der Waals surface area contributed by atoms with E-state index in [1.165, 1.54) is 11.1 Å². The van der Waals surface area contributed by atoms with Gasteiger partial charge in [0, 0.05) is 11.9 Å². The van der Waals surface area contributed by atoms with Gasteiger partial charge in [-0.1, -0.05) is 0 Å². The number of ether oxygens (including phenoxy) is 1. The lowest BCUT2D eigenvalue weighted by atomic mass is 10.1. The number of urea groups is 1. The number of aromatic nitrogens is 1. The minimum Gasteiger partial charge on any atom is -0.470 e. The van der Waals surface area contributed by atoms with Crippen LogP contribution in [0.1, 0.15) is 11.1 Å². The fraction of sp³-hybridized carbons (Fsp3) is 0.294. The highest BCUT2D eigenvalue weighted by Gasteiger charge is 2.38. The normalized spacial score (nSPS) is 15.1. The summed E-state index contributed by atoms with van der Waals surface area (Å²) in [5.74, 6) is -0.567. The number of hydrogen-bond donors (Lipinski definition) is 1. The molecule has 1 fully saturated rings. The monoisotopic (exact) mass is 405 g/mol. The zero-order valence-corrected chi connectivity index (χ0v) is 14.0. The van der Waals surface area contributed by atoms with Crippen LogP contribution >= 0.6 is 0 Å². The van der Waals surface area contributed by atoms with Crippen molar-refractivity contribution in [3.8, 4) is 5.88 Å². The molecule has 150 valence electrons. The molecule has 2 aromatic rings. The summed E-state index contributed by atoms with van der Waals surface area (Å²) in [7, 11) is 0. The Morgan fingerprint density at radius 1 is 1.04 bits per heavy atom. The summed E-state index contributed by atoms with van der Waals surface area (Å²) in [6, 6.07) is 5.26. The van der Waals surface area contributed by atoms with E-state index in [9.17, 15) is 31.1 Å². The van der Waals surface area contributed by atoms with Crippen molar-refractivity contribution in [2.24, 2.45) is 0 Å². The summed E-state index contributed by atoms with van der Waals surface area (Å²) in [5, 5.41) is 2.41. The quantitative estimate of drug-likeness (QED) is 0.770. The lowest BCUT2D eigenvalue weighted by molar-refractivity contribution is -0.140. The van der Waals surface area contributed by atoms with Crippen LogP contribution in [-0.2, 0) is 12.4 Å². The molecule has 0 aliphatic carbocycles. The summed E-state index contributed by atoms with van der Waals surface area (Å²) in [4.78, 5) is 16.9. The Kier molecular flexibility index (Phi) is 5.09. The first-order valence-electron chi connectivity index (χ1n) is 7.96. The maximum Gasteiger partial charge on any atom is 0.421 e. The standard InChI is InChI=1S/C17H13F6N3O2/c18-16(19,20)10-3-5-11(6-4-10)25-15(27)26-8-12(9-26)28-14-13(17(21,22)23)2-1-7-24-14/h1-7,12H,8-9H2,(H,25,27). The Morgan fingerprint density at radius 2 is 1.68 bits per heavy atom. The molecule has 1 N–H and O–H groups in total. The smallest absolute Gasteiger partial charge is 0.421 e. The molecule has 1 aromatic heterocycles. The van der Waals surface area contributed by atoms with Gasteiger partial charge in [-0.05, 0) is 36.4 Å². The van der Waals surface area contributed by atoms with E-state index in [1.54, 1.807) is 0 Å². The van der Waals surface area contributed by atoms with Crippen LogP contribution in [0.15, 0.2) is 42.6 Å². The number of nitrogens with one attached hydrogen (secondary N) is 1. The molecule has 1 saturated heterocycles. The highest BCUT2D eigenvalue weighted by atomic mass is 19.4. The van der Waals surface area contributed by atoms with E-state index in [0.717, 1.165) is 36.4 Å². The van der Waals surface area contributed by atoms with E-state index in [1.807, 2.05) is 0 Å². The molecule has 0 atom stereocenters. The molecule has 1 aromatic carbocycles. The van der Waals surface area contributed by atoms with Crippen LogP contribution in [0.5, 0.6) is 5.88 Å². The third kappa shape index (κ3) is 4.46. The first-order chi connectivity index (χ1) is 13.0. The van der Waals surface area contributed by atoms with Crippen LogP contribution in [0.3, 0.4) is 0 Å². The largest absolute Gasteiger partial charge is 0.470 e. The fourth-order valence-electron chi connectivity index (χ4n) is 2.48. The third-order valence-corrected chi connectivity index (χ3v) is 3.95. The van der Waals surface area contributed by atoms with Crippen molar-refractivity contribution in [2.75, 3.05) is 18.4 Å². The Hall–Kier alpha value is -2.98. The first-order valence-corrected chi connectivity index (χ1v) is 7.96. The van der Waals surface area contributed by atoms with E-state index in [-0.39, 0.29) is 18.8 Å². The van der Waals surface area contributed by atoms with E-state index in [4.69, 9.17) is 4.74 Å². The lowest BCUT2D eigenvalue weighted by Gasteiger charge is -2.38. The first kappa shape index (κ1) is 19.8. The molecule has 2 amide bonds. The highest BCUT2D eigenvalue weighted by molar-refractivity contribution is 5.89. The van der Waals surface area contributed by atoms with Crippen molar-refractivity contribution in [3.05, 3.63) is 53.7 Å². The van der Waals surface area contributed by atoms with E-state index in [0.29, 0.717) is 0 Å². The average molecular weight is 405 g/mol. The second-order valence-corrected chi connectivity index (χ2v) is 6.00. The van der Waals surface area contributed by atoms with Crippen LogP contribution in [0.2, 0.25) is 0 Å². The maximum absolute atomic E-state index is 12.9. The van der Waals surface area contributed by atoms with Gasteiger partial charge in [-0.2, -0.15) is 26.3 Å². The van der Waals surface area contributed by atoms with Crippen LogP contribution in [0.4, 0.5) is 36.8 Å². The van der Waals surface area contributed by atoms with Gasteiger partial charge < -0.3 is 15.0 Å². The number of benzene rings is 1. The predicted molar refractivity (Wildman–Crippen MR) is 85.7 cm³/mol. The Labute approximate surface area is 154 Å². The number of likely N-dealkylation sites (tertiary alicyclic amines) is 1. The molecule has 2 heterocycles. The number of pyridine rings is 1. The molecule has 0 spiro atoms. The molecule has 3 rings (SSSR count). The zero-order chi connectivity index (χ0) is 20.5. The molecule has 0 saturated carbocycles. The van der Waals surface area contributed by atoms with Crippen molar-refractivity contribution in [3.63, 3.8) is 0 Å². The Bertz CT molecular complexity index is 845. The van der Waals surface area contributed by atoms with Crippen LogP contribution in [-0.4, -0.2) is 35.1 Å². The number of carbonyl (C=O) groups excluding carboxylic acids is 1. The molecule has 28 heavy (non-hydrogen) atoms. The lowest BCUT2D eigenvalue weighted by Crippen LogP contribution is -2.57. The van der Waals surface area contributed by atoms with Gasteiger partial charge in [0.05, 0.1) is 18.7 Å². The molecule has 0 bridgehead atoms. The Morgan fingerprint density at radius 3 is 2.25 bits per heavy atom. The second-order valence-electron chi connectivity index (χ2n) is 6.00. The molecule has 5 nitrogen and oxygen atoms in total. The fourth-order valence-corrected chi connectivity index (χ4v) is 2.48. The molecule has 0 radical (unpaired) electrons. The van der Waals surface area contributed by atoms with Gasteiger partial charge in [0.25, 0.3) is 0 Å². The van der Waals surface area contributed by atoms with E-state index >= 15 is 0 Å².